The van der Waals surface area contributed by atoms with Gasteiger partial charge >= 0.3 is 0 Å². The third-order valence-electron chi connectivity index (χ3n) is 2.16. The highest BCUT2D eigenvalue weighted by molar-refractivity contribution is 5.68. The van der Waals surface area contributed by atoms with Crippen LogP contribution in [0, 0.1) is 5.92 Å². The van der Waals surface area contributed by atoms with E-state index in [1.807, 2.05) is 0 Å². The first kappa shape index (κ1) is 9.08. The smallest absolute Gasteiger partial charge is 0.180 e. The fourth-order valence-corrected chi connectivity index (χ4v) is 1.32. The molecule has 0 aliphatic carbocycles. The Morgan fingerprint density at radius 2 is 2.43 bits per heavy atom. The van der Waals surface area contributed by atoms with E-state index in [-0.39, 0.29) is 0 Å². The predicted molar refractivity (Wildman–Crippen MR) is 53.6 cm³/mol. The Hall–Kier alpha value is -1.49. The van der Waals surface area contributed by atoms with Crippen LogP contribution in [0.3, 0.4) is 0 Å². The first-order valence-electron chi connectivity index (χ1n) is 4.64. The Labute approximate surface area is 81.8 Å². The van der Waals surface area contributed by atoms with Gasteiger partial charge in [0.25, 0.3) is 0 Å². The van der Waals surface area contributed by atoms with Crippen LogP contribution in [0.25, 0.3) is 11.2 Å². The van der Waals surface area contributed by atoms with Crippen LogP contribution in [0.4, 0.5) is 0 Å². The number of hydrogen-bond donors (Lipinski definition) is 2. The minimum absolute atomic E-state index is 0.434. The Morgan fingerprint density at radius 1 is 1.57 bits per heavy atom. The number of aromatic amines is 1. The standard InChI is InChI=1S/C9H13N5/c1-6(3-10)2-8-13-7-4-11-5-12-9(7)14-8/h4-6H,2-3,10H2,1H3,(H,11,12,13,14). The molecule has 3 N–H and O–H groups in total. The number of rotatable bonds is 3. The number of H-pyrrole nitrogens is 1. The lowest BCUT2D eigenvalue weighted by atomic mass is 10.1. The maximum absolute atomic E-state index is 5.54. The molecule has 2 aromatic heterocycles. The molecule has 0 saturated carbocycles. The molecular weight excluding hydrogens is 178 g/mol. The van der Waals surface area contributed by atoms with Gasteiger partial charge in [-0.05, 0) is 12.5 Å². The fraction of sp³-hybridized carbons (Fsp3) is 0.444. The van der Waals surface area contributed by atoms with Crippen molar-refractivity contribution in [2.45, 2.75) is 13.3 Å². The van der Waals surface area contributed by atoms with Gasteiger partial charge in [-0.1, -0.05) is 6.92 Å². The van der Waals surface area contributed by atoms with Crippen LogP contribution < -0.4 is 5.73 Å². The molecule has 1 atom stereocenters. The number of aromatic nitrogens is 4. The number of fused-ring (bicyclic) bond motifs is 1. The lowest BCUT2D eigenvalue weighted by molar-refractivity contribution is 0.578. The second kappa shape index (κ2) is 3.71. The number of nitrogens with zero attached hydrogens (tertiary/aromatic N) is 3. The van der Waals surface area contributed by atoms with Crippen molar-refractivity contribution in [2.24, 2.45) is 11.7 Å². The molecule has 14 heavy (non-hydrogen) atoms. The summed E-state index contributed by atoms with van der Waals surface area (Å²) < 4.78 is 0. The molecular formula is C9H13N5. The van der Waals surface area contributed by atoms with Crippen molar-refractivity contribution in [1.82, 2.24) is 19.9 Å². The summed E-state index contributed by atoms with van der Waals surface area (Å²) in [5.41, 5.74) is 7.15. The van der Waals surface area contributed by atoms with Crippen molar-refractivity contribution >= 4 is 11.2 Å². The number of nitrogens with one attached hydrogen (secondary N) is 1. The molecule has 74 valence electrons. The molecule has 0 aliphatic rings. The highest BCUT2D eigenvalue weighted by Gasteiger charge is 2.06. The topological polar surface area (TPSA) is 80.5 Å². The zero-order chi connectivity index (χ0) is 9.97. The van der Waals surface area contributed by atoms with Gasteiger partial charge in [-0.15, -0.1) is 0 Å². The molecule has 5 nitrogen and oxygen atoms in total. The SMILES string of the molecule is CC(CN)Cc1nc2ncncc2[nH]1. The molecule has 1 unspecified atom stereocenters. The average molecular weight is 191 g/mol. The molecule has 0 aromatic carbocycles. The van der Waals surface area contributed by atoms with E-state index in [9.17, 15) is 0 Å². The van der Waals surface area contributed by atoms with Gasteiger partial charge < -0.3 is 10.7 Å². The van der Waals surface area contributed by atoms with Crippen LogP contribution >= 0.6 is 0 Å². The van der Waals surface area contributed by atoms with Crippen LogP contribution in [-0.2, 0) is 6.42 Å². The van der Waals surface area contributed by atoms with E-state index in [1.54, 1.807) is 6.20 Å². The number of imidazole rings is 1. The maximum Gasteiger partial charge on any atom is 0.180 e. The summed E-state index contributed by atoms with van der Waals surface area (Å²) in [5, 5.41) is 0. The highest BCUT2D eigenvalue weighted by atomic mass is 15.0. The summed E-state index contributed by atoms with van der Waals surface area (Å²) in [6.45, 7) is 2.77. The van der Waals surface area contributed by atoms with Crippen LogP contribution in [0.2, 0.25) is 0 Å². The summed E-state index contributed by atoms with van der Waals surface area (Å²) in [6.07, 6.45) is 4.08. The zero-order valence-electron chi connectivity index (χ0n) is 8.07. The average Bonchev–Trinajstić information content (AvgIpc) is 2.59. The number of hydrogen-bond acceptors (Lipinski definition) is 4. The molecule has 0 amide bonds. The van der Waals surface area contributed by atoms with Gasteiger partial charge in [0.05, 0.1) is 6.20 Å². The molecule has 0 radical (unpaired) electrons. The van der Waals surface area contributed by atoms with Crippen molar-refractivity contribution in [3.63, 3.8) is 0 Å². The third kappa shape index (κ3) is 1.72. The van der Waals surface area contributed by atoms with Gasteiger partial charge in [0, 0.05) is 6.42 Å². The molecule has 2 aromatic rings. The van der Waals surface area contributed by atoms with E-state index >= 15 is 0 Å². The lowest BCUT2D eigenvalue weighted by Crippen LogP contribution is -2.13. The summed E-state index contributed by atoms with van der Waals surface area (Å²) in [5.74, 6) is 1.36. The summed E-state index contributed by atoms with van der Waals surface area (Å²) in [7, 11) is 0. The fourth-order valence-electron chi connectivity index (χ4n) is 1.32. The van der Waals surface area contributed by atoms with Crippen LogP contribution in [0.5, 0.6) is 0 Å². The second-order valence-corrected chi connectivity index (χ2v) is 3.49. The number of nitrogens with two attached hydrogens (primary N) is 1. The van der Waals surface area contributed by atoms with Crippen molar-refractivity contribution in [2.75, 3.05) is 6.54 Å². The molecule has 2 heterocycles. The van der Waals surface area contributed by atoms with E-state index in [4.69, 9.17) is 5.73 Å². The van der Waals surface area contributed by atoms with Gasteiger partial charge in [0.2, 0.25) is 0 Å². The largest absolute Gasteiger partial charge is 0.339 e. The predicted octanol–water partition coefficient (Wildman–Crippen LogP) is 0.490. The van der Waals surface area contributed by atoms with Gasteiger partial charge in [0.1, 0.15) is 17.7 Å². The second-order valence-electron chi connectivity index (χ2n) is 3.49. The van der Waals surface area contributed by atoms with Crippen molar-refractivity contribution in [1.29, 1.82) is 0 Å². The molecule has 0 spiro atoms. The molecule has 0 saturated heterocycles. The van der Waals surface area contributed by atoms with E-state index in [0.717, 1.165) is 23.4 Å². The summed E-state index contributed by atoms with van der Waals surface area (Å²) in [6, 6.07) is 0. The monoisotopic (exact) mass is 191 g/mol. The highest BCUT2D eigenvalue weighted by Crippen LogP contribution is 2.09. The van der Waals surface area contributed by atoms with Gasteiger partial charge in [-0.2, -0.15) is 0 Å². The van der Waals surface area contributed by atoms with Crippen LogP contribution in [-0.4, -0.2) is 26.5 Å². The van der Waals surface area contributed by atoms with Gasteiger partial charge in [-0.3, -0.25) is 0 Å². The maximum atomic E-state index is 5.54. The Kier molecular flexibility index (Phi) is 2.41. The van der Waals surface area contributed by atoms with Crippen LogP contribution in [0.15, 0.2) is 12.5 Å². The first-order chi connectivity index (χ1) is 6.79. The molecule has 0 fully saturated rings. The summed E-state index contributed by atoms with van der Waals surface area (Å²) >= 11 is 0. The molecule has 5 heteroatoms. The first-order valence-corrected chi connectivity index (χ1v) is 4.64. The summed E-state index contributed by atoms with van der Waals surface area (Å²) in [4.78, 5) is 15.5. The van der Waals surface area contributed by atoms with E-state index in [2.05, 4.69) is 26.9 Å². The van der Waals surface area contributed by atoms with E-state index < -0.39 is 0 Å². The van der Waals surface area contributed by atoms with E-state index in [1.165, 1.54) is 6.33 Å². The van der Waals surface area contributed by atoms with Crippen LogP contribution in [0.1, 0.15) is 12.7 Å². The van der Waals surface area contributed by atoms with Gasteiger partial charge in [-0.25, -0.2) is 15.0 Å². The Bertz CT molecular complexity index is 389. The third-order valence-corrected chi connectivity index (χ3v) is 2.16. The van der Waals surface area contributed by atoms with Crippen molar-refractivity contribution in [3.8, 4) is 0 Å². The molecule has 2 rings (SSSR count). The van der Waals surface area contributed by atoms with Crippen molar-refractivity contribution in [3.05, 3.63) is 18.3 Å². The van der Waals surface area contributed by atoms with Gasteiger partial charge in [0.15, 0.2) is 5.65 Å². The molecule has 0 aliphatic heterocycles. The Morgan fingerprint density at radius 3 is 3.14 bits per heavy atom. The van der Waals surface area contributed by atoms with Crippen molar-refractivity contribution < 1.29 is 0 Å². The normalized spacial score (nSPS) is 13.3. The van der Waals surface area contributed by atoms with E-state index in [0.29, 0.717) is 12.5 Å². The quantitative estimate of drug-likeness (QED) is 0.739. The molecule has 0 bridgehead atoms. The Balaban J connectivity index is 2.27. The lowest BCUT2D eigenvalue weighted by Gasteiger charge is -2.03. The minimum atomic E-state index is 0.434. The zero-order valence-corrected chi connectivity index (χ0v) is 8.07. The minimum Gasteiger partial charge on any atom is -0.339 e.